The van der Waals surface area contributed by atoms with E-state index in [2.05, 4.69) is 10.6 Å². The van der Waals surface area contributed by atoms with Crippen molar-refractivity contribution in [1.82, 2.24) is 5.32 Å². The summed E-state index contributed by atoms with van der Waals surface area (Å²) in [5.41, 5.74) is 1.66. The summed E-state index contributed by atoms with van der Waals surface area (Å²) in [7, 11) is 0. The van der Waals surface area contributed by atoms with Gasteiger partial charge in [0, 0.05) is 17.3 Å². The smallest absolute Gasteiger partial charge is 0.228 e. The second-order valence-corrected chi connectivity index (χ2v) is 5.62. The molecule has 0 radical (unpaired) electrons. The van der Waals surface area contributed by atoms with Crippen molar-refractivity contribution < 1.29 is 9.59 Å². The summed E-state index contributed by atoms with van der Waals surface area (Å²) in [6.45, 7) is 4.57. The summed E-state index contributed by atoms with van der Waals surface area (Å²) in [5, 5.41) is 6.26. The van der Waals surface area contributed by atoms with Gasteiger partial charge in [0.25, 0.3) is 0 Å². The minimum atomic E-state index is -0.217. The molecule has 108 valence electrons. The zero-order chi connectivity index (χ0) is 14.7. The predicted octanol–water partition coefficient (Wildman–Crippen LogP) is 2.75. The Morgan fingerprint density at radius 1 is 1.30 bits per heavy atom. The number of rotatable bonds is 5. The Hall–Kier alpha value is -1.55. The lowest BCUT2D eigenvalue weighted by Gasteiger charge is -2.08. The lowest BCUT2D eigenvalue weighted by atomic mass is 10.2. The number of carbonyl (C=O) groups excluding carboxylic acids is 2. The molecule has 2 amide bonds. The third-order valence-corrected chi connectivity index (χ3v) is 3.71. The van der Waals surface area contributed by atoms with E-state index in [4.69, 9.17) is 11.6 Å². The first-order valence-electron chi connectivity index (χ1n) is 6.87. The molecule has 1 aliphatic rings. The van der Waals surface area contributed by atoms with Crippen molar-refractivity contribution in [1.29, 1.82) is 0 Å². The van der Waals surface area contributed by atoms with Gasteiger partial charge in [0.15, 0.2) is 0 Å². The molecule has 0 spiro atoms. The Morgan fingerprint density at radius 2 is 2.00 bits per heavy atom. The van der Waals surface area contributed by atoms with Crippen LogP contribution in [0, 0.1) is 18.8 Å². The van der Waals surface area contributed by atoms with E-state index in [1.54, 1.807) is 12.1 Å². The van der Waals surface area contributed by atoms with E-state index in [9.17, 15) is 9.59 Å². The molecule has 1 aromatic rings. The number of aryl methyl sites for hydroxylation is 1. The van der Waals surface area contributed by atoms with Gasteiger partial charge in [-0.05, 0) is 37.5 Å². The van der Waals surface area contributed by atoms with Gasteiger partial charge in [0.2, 0.25) is 11.8 Å². The molecule has 1 saturated carbocycles. The van der Waals surface area contributed by atoms with Crippen molar-refractivity contribution in [2.75, 3.05) is 11.9 Å². The van der Waals surface area contributed by atoms with Crippen LogP contribution in [0.25, 0.3) is 0 Å². The van der Waals surface area contributed by atoms with Gasteiger partial charge in [0.05, 0.1) is 11.8 Å². The van der Waals surface area contributed by atoms with E-state index < -0.39 is 0 Å². The number of anilines is 1. The summed E-state index contributed by atoms with van der Waals surface area (Å²) in [5.74, 6) is -0.520. The van der Waals surface area contributed by atoms with Crippen molar-refractivity contribution in [2.45, 2.75) is 26.7 Å². The number of carbonyl (C=O) groups is 2. The number of hydrogen-bond acceptors (Lipinski definition) is 2. The van der Waals surface area contributed by atoms with Crippen LogP contribution >= 0.6 is 11.6 Å². The van der Waals surface area contributed by atoms with Crippen LogP contribution in [-0.4, -0.2) is 18.4 Å². The molecule has 0 aromatic heterocycles. The van der Waals surface area contributed by atoms with Crippen LogP contribution in [0.3, 0.4) is 0 Å². The van der Waals surface area contributed by atoms with E-state index in [-0.39, 0.29) is 23.7 Å². The summed E-state index contributed by atoms with van der Waals surface area (Å²) in [4.78, 5) is 23.8. The van der Waals surface area contributed by atoms with Crippen LogP contribution in [0.5, 0.6) is 0 Å². The lowest BCUT2D eigenvalue weighted by Crippen LogP contribution is -2.28. The fourth-order valence-corrected chi connectivity index (χ4v) is 2.28. The van der Waals surface area contributed by atoms with Crippen molar-refractivity contribution in [3.8, 4) is 0 Å². The van der Waals surface area contributed by atoms with Crippen LogP contribution in [0.2, 0.25) is 5.02 Å². The average Bonchev–Trinajstić information content (AvgIpc) is 3.20. The van der Waals surface area contributed by atoms with Crippen LogP contribution < -0.4 is 10.6 Å². The fourth-order valence-electron chi connectivity index (χ4n) is 2.11. The molecule has 2 rings (SSSR count). The van der Waals surface area contributed by atoms with Gasteiger partial charge in [-0.25, -0.2) is 0 Å². The summed E-state index contributed by atoms with van der Waals surface area (Å²) < 4.78 is 0. The average molecular weight is 295 g/mol. The van der Waals surface area contributed by atoms with Gasteiger partial charge < -0.3 is 10.6 Å². The van der Waals surface area contributed by atoms with Gasteiger partial charge in [-0.1, -0.05) is 24.6 Å². The molecule has 2 atom stereocenters. The normalized spacial score (nSPS) is 20.4. The Labute approximate surface area is 123 Å². The molecule has 0 heterocycles. The highest BCUT2D eigenvalue weighted by atomic mass is 35.5. The third-order valence-electron chi connectivity index (χ3n) is 3.47. The van der Waals surface area contributed by atoms with E-state index in [0.717, 1.165) is 12.0 Å². The van der Waals surface area contributed by atoms with Gasteiger partial charge in [-0.15, -0.1) is 0 Å². The minimum Gasteiger partial charge on any atom is -0.356 e. The summed E-state index contributed by atoms with van der Waals surface area (Å²) in [6, 6.07) is 5.37. The number of amides is 2. The van der Waals surface area contributed by atoms with Crippen molar-refractivity contribution in [3.63, 3.8) is 0 Å². The summed E-state index contributed by atoms with van der Waals surface area (Å²) >= 11 is 5.92. The molecule has 0 bridgehead atoms. The first kappa shape index (κ1) is 14.9. The molecule has 0 aliphatic heterocycles. The van der Waals surface area contributed by atoms with Gasteiger partial charge in [-0.3, -0.25) is 9.59 Å². The topological polar surface area (TPSA) is 58.2 Å². The first-order valence-corrected chi connectivity index (χ1v) is 7.25. The molecule has 2 N–H and O–H groups in total. The number of nitrogens with one attached hydrogen (secondary N) is 2. The predicted molar refractivity (Wildman–Crippen MR) is 79.7 cm³/mol. The van der Waals surface area contributed by atoms with Crippen LogP contribution in [-0.2, 0) is 9.59 Å². The maximum absolute atomic E-state index is 12.1. The number of hydrogen-bond donors (Lipinski definition) is 2. The second kappa shape index (κ2) is 6.27. The molecular formula is C15H19ClN2O2. The van der Waals surface area contributed by atoms with Crippen molar-refractivity contribution in [3.05, 3.63) is 28.8 Å². The van der Waals surface area contributed by atoms with Gasteiger partial charge >= 0.3 is 0 Å². The van der Waals surface area contributed by atoms with E-state index >= 15 is 0 Å². The molecule has 4 nitrogen and oxygen atoms in total. The first-order chi connectivity index (χ1) is 9.52. The highest BCUT2D eigenvalue weighted by Gasteiger charge is 2.47. The Bertz CT molecular complexity index is 531. The largest absolute Gasteiger partial charge is 0.356 e. The van der Waals surface area contributed by atoms with E-state index in [1.165, 1.54) is 0 Å². The molecule has 1 fully saturated rings. The zero-order valence-corrected chi connectivity index (χ0v) is 12.5. The fraction of sp³-hybridized carbons (Fsp3) is 0.467. The zero-order valence-electron chi connectivity index (χ0n) is 11.7. The number of benzene rings is 1. The quantitative estimate of drug-likeness (QED) is 0.877. The van der Waals surface area contributed by atoms with Crippen LogP contribution in [0.1, 0.15) is 25.3 Å². The van der Waals surface area contributed by atoms with Gasteiger partial charge in [0.1, 0.15) is 0 Å². The monoisotopic (exact) mass is 294 g/mol. The molecule has 1 aliphatic carbocycles. The van der Waals surface area contributed by atoms with Crippen LogP contribution in [0.4, 0.5) is 5.69 Å². The molecular weight excluding hydrogens is 276 g/mol. The van der Waals surface area contributed by atoms with Crippen LogP contribution in [0.15, 0.2) is 18.2 Å². The maximum atomic E-state index is 12.1. The highest BCUT2D eigenvalue weighted by Crippen LogP contribution is 2.39. The van der Waals surface area contributed by atoms with Crippen molar-refractivity contribution in [2.24, 2.45) is 11.8 Å². The van der Waals surface area contributed by atoms with E-state index in [1.807, 2.05) is 19.9 Å². The Morgan fingerprint density at radius 3 is 2.70 bits per heavy atom. The molecule has 1 aromatic carbocycles. The summed E-state index contributed by atoms with van der Waals surface area (Å²) in [6.07, 6.45) is 1.53. The highest BCUT2D eigenvalue weighted by molar-refractivity contribution is 6.31. The third kappa shape index (κ3) is 3.51. The lowest BCUT2D eigenvalue weighted by molar-refractivity contribution is -0.125. The molecule has 2 unspecified atom stereocenters. The SMILES string of the molecule is CCCNC(=O)C1CC1C(=O)Nc1cc(Cl)ccc1C. The maximum Gasteiger partial charge on any atom is 0.228 e. The molecule has 5 heteroatoms. The van der Waals surface area contributed by atoms with E-state index in [0.29, 0.717) is 23.7 Å². The van der Waals surface area contributed by atoms with Gasteiger partial charge in [-0.2, -0.15) is 0 Å². The molecule has 20 heavy (non-hydrogen) atoms. The second-order valence-electron chi connectivity index (χ2n) is 5.19. The Kier molecular flexibility index (Phi) is 4.65. The number of halogens is 1. The van der Waals surface area contributed by atoms with Crippen molar-refractivity contribution >= 4 is 29.1 Å². The Balaban J connectivity index is 1.91. The minimum absolute atomic E-state index is 0.0187. The molecule has 0 saturated heterocycles. The standard InChI is InChI=1S/C15H19ClN2O2/c1-3-6-17-14(19)11-8-12(11)15(20)18-13-7-10(16)5-4-9(13)2/h4-5,7,11-12H,3,6,8H2,1-2H3,(H,17,19)(H,18,20).